The van der Waals surface area contributed by atoms with E-state index in [9.17, 15) is 14.4 Å². The lowest BCUT2D eigenvalue weighted by molar-refractivity contribution is -0.127. The normalized spacial score (nSPS) is 20.4. The smallest absolute Gasteiger partial charge is 0.319 e. The van der Waals surface area contributed by atoms with Crippen LogP contribution >= 0.6 is 22.9 Å². The molecule has 0 bridgehead atoms. The van der Waals surface area contributed by atoms with Crippen LogP contribution in [-0.4, -0.2) is 84.8 Å². The van der Waals surface area contributed by atoms with Gasteiger partial charge in [0, 0.05) is 37.6 Å². The zero-order valence-corrected chi connectivity index (χ0v) is 25.6. The van der Waals surface area contributed by atoms with Crippen molar-refractivity contribution in [2.45, 2.75) is 31.8 Å². The molecule has 0 spiro atoms. The molecular formula is C30H29ClFN7O4S. The van der Waals surface area contributed by atoms with Gasteiger partial charge >= 0.3 is 6.01 Å². The molecule has 2 saturated heterocycles. The first-order valence-corrected chi connectivity index (χ1v) is 15.4. The van der Waals surface area contributed by atoms with E-state index < -0.39 is 11.9 Å². The van der Waals surface area contributed by atoms with Crippen molar-refractivity contribution < 1.29 is 23.4 Å². The first-order valence-electron chi connectivity index (χ1n) is 14.2. The number of likely N-dealkylation sites (N-methyl/N-ethyl adjacent to an activating group) is 2. The third-order valence-electron chi connectivity index (χ3n) is 8.45. The third-order valence-corrected chi connectivity index (χ3v) is 9.85. The summed E-state index contributed by atoms with van der Waals surface area (Å²) in [5.74, 6) is -0.100. The summed E-state index contributed by atoms with van der Waals surface area (Å²) >= 11 is 8.27. The van der Waals surface area contributed by atoms with E-state index in [-0.39, 0.29) is 58.1 Å². The van der Waals surface area contributed by atoms with Crippen molar-refractivity contribution in [2.24, 2.45) is 0 Å². The molecule has 0 saturated carbocycles. The maximum atomic E-state index is 15.0. The lowest BCUT2D eigenvalue weighted by atomic mass is 9.91. The lowest BCUT2D eigenvalue weighted by Crippen LogP contribution is -2.42. The third kappa shape index (κ3) is 4.78. The van der Waals surface area contributed by atoms with Gasteiger partial charge in [0.2, 0.25) is 5.91 Å². The minimum Gasteiger partial charge on any atom is -0.461 e. The number of hydrogen-bond acceptors (Lipinski definition) is 11. The first-order chi connectivity index (χ1) is 21.2. The fourth-order valence-corrected chi connectivity index (χ4v) is 7.53. The van der Waals surface area contributed by atoms with Crippen LogP contribution in [0.2, 0.25) is 5.02 Å². The van der Waals surface area contributed by atoms with E-state index in [1.165, 1.54) is 6.07 Å². The minimum atomic E-state index is -0.485. The number of rotatable bonds is 6. The van der Waals surface area contributed by atoms with E-state index in [0.29, 0.717) is 59.4 Å². The Morgan fingerprint density at radius 3 is 2.82 bits per heavy atom. The highest BCUT2D eigenvalue weighted by Gasteiger charge is 2.33. The predicted octanol–water partition coefficient (Wildman–Crippen LogP) is 4.14. The molecule has 3 N–H and O–H groups in total. The van der Waals surface area contributed by atoms with Crippen LogP contribution in [0.3, 0.4) is 0 Å². The molecule has 1 amide bonds. The van der Waals surface area contributed by atoms with E-state index in [0.717, 1.165) is 29.0 Å². The van der Waals surface area contributed by atoms with Crippen molar-refractivity contribution in [1.82, 2.24) is 19.8 Å². The molecule has 2 aromatic heterocycles. The maximum absolute atomic E-state index is 15.0. The number of nitrogens with one attached hydrogen (secondary N) is 1. The van der Waals surface area contributed by atoms with Crippen LogP contribution in [0.25, 0.3) is 32.1 Å². The number of benzene rings is 2. The monoisotopic (exact) mass is 637 g/mol. The number of nitrogens with zero attached hydrogens (tertiary/aromatic N) is 5. The number of halogens is 2. The van der Waals surface area contributed by atoms with Crippen molar-refractivity contribution in [3.8, 4) is 23.2 Å². The molecule has 2 atom stereocenters. The summed E-state index contributed by atoms with van der Waals surface area (Å²) in [5, 5.41) is 14.8. The quantitative estimate of drug-likeness (QED) is 0.317. The number of fused-ring (bicyclic) bond motifs is 4. The highest BCUT2D eigenvalue weighted by molar-refractivity contribution is 7.23. The van der Waals surface area contributed by atoms with E-state index >= 15 is 0 Å². The van der Waals surface area contributed by atoms with Crippen LogP contribution in [0.15, 0.2) is 12.1 Å². The molecule has 3 aliphatic rings. The second-order valence-corrected chi connectivity index (χ2v) is 12.7. The van der Waals surface area contributed by atoms with Gasteiger partial charge in [-0.15, -0.1) is 11.3 Å². The number of anilines is 2. The van der Waals surface area contributed by atoms with Gasteiger partial charge in [-0.25, -0.2) is 4.39 Å². The molecule has 14 heteroatoms. The number of morpholine rings is 1. The van der Waals surface area contributed by atoms with Gasteiger partial charge in [0.1, 0.15) is 41.5 Å². The number of nitrogens with two attached hydrogens (primary N) is 1. The molecular weight excluding hydrogens is 609 g/mol. The molecule has 2 aromatic carbocycles. The molecule has 3 aliphatic heterocycles. The largest absolute Gasteiger partial charge is 0.461 e. The minimum absolute atomic E-state index is 0.0405. The average molecular weight is 638 g/mol. The number of carbonyl (C=O) groups excluding carboxylic acids is 1. The number of thiophene rings is 1. The highest BCUT2D eigenvalue weighted by Crippen LogP contribution is 2.49. The van der Waals surface area contributed by atoms with E-state index in [1.807, 2.05) is 7.05 Å². The maximum Gasteiger partial charge on any atom is 0.319 e. The van der Waals surface area contributed by atoms with Crippen molar-refractivity contribution in [3.05, 3.63) is 39.7 Å². The van der Waals surface area contributed by atoms with Gasteiger partial charge in [-0.1, -0.05) is 17.7 Å². The van der Waals surface area contributed by atoms with Gasteiger partial charge in [-0.2, -0.15) is 15.2 Å². The number of nitriles is 1. The molecule has 5 heterocycles. The Bertz CT molecular complexity index is 1880. The van der Waals surface area contributed by atoms with Gasteiger partial charge in [0.15, 0.2) is 0 Å². The predicted molar refractivity (Wildman–Crippen MR) is 165 cm³/mol. The fourth-order valence-electron chi connectivity index (χ4n) is 6.23. The topological polar surface area (TPSA) is 139 Å². The second kappa shape index (κ2) is 11.3. The van der Waals surface area contributed by atoms with Gasteiger partial charge < -0.3 is 35.1 Å². The number of amides is 1. The Kier molecular flexibility index (Phi) is 7.42. The van der Waals surface area contributed by atoms with Crippen molar-refractivity contribution in [1.29, 1.82) is 5.26 Å². The molecule has 0 radical (unpaired) electrons. The van der Waals surface area contributed by atoms with Gasteiger partial charge in [-0.3, -0.25) is 4.79 Å². The molecule has 2 fully saturated rings. The van der Waals surface area contributed by atoms with Crippen LogP contribution in [0.1, 0.15) is 23.1 Å². The van der Waals surface area contributed by atoms with Crippen molar-refractivity contribution >= 4 is 60.7 Å². The van der Waals surface area contributed by atoms with Crippen LogP contribution in [0.5, 0.6) is 6.01 Å². The highest BCUT2D eigenvalue weighted by atomic mass is 35.5. The average Bonchev–Trinajstić information content (AvgIpc) is 3.71. The summed E-state index contributed by atoms with van der Waals surface area (Å²) in [7, 11) is 3.79. The molecule has 4 aromatic rings. The number of nitrogen functional groups attached to an aromatic ring is 1. The van der Waals surface area contributed by atoms with E-state index in [4.69, 9.17) is 41.5 Å². The summed E-state index contributed by atoms with van der Waals surface area (Å²) in [4.78, 5) is 26.2. The summed E-state index contributed by atoms with van der Waals surface area (Å²) < 4.78 is 33.1. The van der Waals surface area contributed by atoms with E-state index in [1.54, 1.807) is 18.0 Å². The Balaban J connectivity index is 1.43. The Morgan fingerprint density at radius 1 is 1.25 bits per heavy atom. The Labute approximate surface area is 261 Å². The van der Waals surface area contributed by atoms with Gasteiger partial charge in [0.25, 0.3) is 0 Å². The summed E-state index contributed by atoms with van der Waals surface area (Å²) in [6, 6.07) is 4.68. The zero-order chi connectivity index (χ0) is 30.7. The number of likely N-dealkylation sites (tertiary alicyclic amines) is 1. The van der Waals surface area contributed by atoms with Gasteiger partial charge in [-0.05, 0) is 36.2 Å². The molecule has 0 unspecified atom stereocenters. The van der Waals surface area contributed by atoms with Crippen LogP contribution in [0.4, 0.5) is 15.2 Å². The summed E-state index contributed by atoms with van der Waals surface area (Å²) in [6.45, 7) is 3.45. The standard InChI is InChI=1S/C30H29ClFN7O4S/c1-38-7-8-42-14(10-38)11-43-30-36-25-23(28(37-30)35-20-5-6-39(2)29(20)40)18-13-41-12-17(18)21(24(25)31)15-3-4-19(32)26-22(15)16(9-33)27(34)44-26/h3-4,14,20H,5-8,10-13,34H2,1-2H3,(H,35,36,37)/t14-,20-/m1/s1. The molecule has 228 valence electrons. The molecule has 44 heavy (non-hydrogen) atoms. The lowest BCUT2D eigenvalue weighted by Gasteiger charge is -2.29. The number of carbonyl (C=O) groups is 1. The second-order valence-electron chi connectivity index (χ2n) is 11.3. The summed E-state index contributed by atoms with van der Waals surface area (Å²) in [5.41, 5.74) is 9.43. The number of ether oxygens (including phenoxy) is 3. The fraction of sp³-hybridized carbons (Fsp3) is 0.400. The molecule has 11 nitrogen and oxygen atoms in total. The molecule has 7 rings (SSSR count). The number of hydrogen-bond donors (Lipinski definition) is 2. The summed E-state index contributed by atoms with van der Waals surface area (Å²) in [6.07, 6.45) is 0.434. The first kappa shape index (κ1) is 28.9. The Hall–Kier alpha value is -3.80. The van der Waals surface area contributed by atoms with Crippen molar-refractivity contribution in [3.63, 3.8) is 0 Å². The zero-order valence-electron chi connectivity index (χ0n) is 24.1. The van der Waals surface area contributed by atoms with Crippen LogP contribution in [0, 0.1) is 17.1 Å². The van der Waals surface area contributed by atoms with Crippen LogP contribution in [-0.2, 0) is 27.5 Å². The van der Waals surface area contributed by atoms with E-state index in [2.05, 4.69) is 16.3 Å². The molecule has 0 aliphatic carbocycles. The van der Waals surface area contributed by atoms with Crippen molar-refractivity contribution in [2.75, 3.05) is 58.0 Å². The SMILES string of the molecule is CN1CCO[C@@H](COc2nc(N[C@@H]3CCN(C)C3=O)c3c4c(c(-c5ccc(F)c6sc(N)c(C#N)c56)c(Cl)c3n2)COC4)C1. The van der Waals surface area contributed by atoms with Gasteiger partial charge in [0.05, 0.1) is 46.0 Å². The Morgan fingerprint density at radius 2 is 2.07 bits per heavy atom. The number of aromatic nitrogens is 2. The van der Waals surface area contributed by atoms with Crippen LogP contribution < -0.4 is 15.8 Å².